The zero-order chi connectivity index (χ0) is 18.5. The summed E-state index contributed by atoms with van der Waals surface area (Å²) in [6.45, 7) is -0.285. The van der Waals surface area contributed by atoms with Crippen molar-refractivity contribution >= 4 is 22.8 Å². The van der Waals surface area contributed by atoms with Crippen LogP contribution in [-0.2, 0) is 4.79 Å². The maximum atomic E-state index is 13.6. The predicted octanol–water partition coefficient (Wildman–Crippen LogP) is 3.98. The Balaban J connectivity index is 1.75. The van der Waals surface area contributed by atoms with Crippen LogP contribution < -0.4 is 5.32 Å². The Morgan fingerprint density at radius 3 is 2.58 bits per heavy atom. The number of aliphatic hydroxyl groups excluding tert-OH is 1. The van der Waals surface area contributed by atoms with Crippen molar-refractivity contribution < 1.29 is 18.7 Å². The number of amides is 1. The monoisotopic (exact) mass is 353 g/mol. The number of carbonyl (C=O) groups excluding carboxylic acids is 1. The van der Waals surface area contributed by atoms with E-state index < -0.39 is 23.6 Å². The van der Waals surface area contributed by atoms with Crippen LogP contribution in [0.1, 0.15) is 17.2 Å². The number of rotatable bonds is 5. The molecular weight excluding hydrogens is 336 g/mol. The number of carbonyl (C=O) groups is 1. The van der Waals surface area contributed by atoms with Crippen LogP contribution in [-0.4, -0.2) is 17.6 Å². The van der Waals surface area contributed by atoms with Gasteiger partial charge in [-0.05, 0) is 46.7 Å². The lowest BCUT2D eigenvalue weighted by Gasteiger charge is -2.16. The molecule has 0 spiro atoms. The summed E-state index contributed by atoms with van der Waals surface area (Å²) < 4.78 is 26.7. The highest BCUT2D eigenvalue weighted by Gasteiger charge is 2.13. The fourth-order valence-electron chi connectivity index (χ4n) is 2.69. The van der Waals surface area contributed by atoms with E-state index in [1.54, 1.807) is 0 Å². The minimum Gasteiger partial charge on any atom is -0.394 e. The first-order chi connectivity index (χ1) is 12.6. The third-order valence-electron chi connectivity index (χ3n) is 4.05. The topological polar surface area (TPSA) is 49.3 Å². The molecule has 0 aliphatic heterocycles. The van der Waals surface area contributed by atoms with E-state index in [9.17, 15) is 18.7 Å². The molecule has 0 saturated heterocycles. The summed E-state index contributed by atoms with van der Waals surface area (Å²) in [5.41, 5.74) is 0.733. The Hall–Kier alpha value is -3.05. The molecule has 0 saturated carbocycles. The second-order valence-electron chi connectivity index (χ2n) is 5.85. The largest absolute Gasteiger partial charge is 0.394 e. The maximum Gasteiger partial charge on any atom is 0.244 e. The second-order valence-corrected chi connectivity index (χ2v) is 5.85. The van der Waals surface area contributed by atoms with Crippen LogP contribution in [0.4, 0.5) is 8.78 Å². The highest BCUT2D eigenvalue weighted by atomic mass is 19.1. The molecule has 26 heavy (non-hydrogen) atoms. The van der Waals surface area contributed by atoms with E-state index in [1.165, 1.54) is 6.08 Å². The van der Waals surface area contributed by atoms with Gasteiger partial charge in [-0.2, -0.15) is 0 Å². The molecule has 3 aromatic rings. The highest BCUT2D eigenvalue weighted by molar-refractivity contribution is 5.92. The van der Waals surface area contributed by atoms with Gasteiger partial charge in [0, 0.05) is 11.6 Å². The van der Waals surface area contributed by atoms with Gasteiger partial charge in [-0.15, -0.1) is 0 Å². The minimum atomic E-state index is -0.622. The molecule has 0 fully saturated rings. The van der Waals surface area contributed by atoms with Gasteiger partial charge < -0.3 is 10.4 Å². The first-order valence-electron chi connectivity index (χ1n) is 8.10. The Morgan fingerprint density at radius 2 is 1.81 bits per heavy atom. The zero-order valence-electron chi connectivity index (χ0n) is 13.8. The summed E-state index contributed by atoms with van der Waals surface area (Å²) in [5, 5.41) is 14.3. The van der Waals surface area contributed by atoms with Crippen LogP contribution in [0.2, 0.25) is 0 Å². The van der Waals surface area contributed by atoms with Crippen molar-refractivity contribution in [3.8, 4) is 0 Å². The maximum absolute atomic E-state index is 13.6. The molecule has 0 aliphatic rings. The van der Waals surface area contributed by atoms with Crippen LogP contribution >= 0.6 is 0 Å². The van der Waals surface area contributed by atoms with Gasteiger partial charge in [0.1, 0.15) is 11.6 Å². The summed E-state index contributed by atoms with van der Waals surface area (Å²) in [7, 11) is 0. The van der Waals surface area contributed by atoms with Gasteiger partial charge in [-0.1, -0.05) is 36.4 Å². The van der Waals surface area contributed by atoms with Gasteiger partial charge in [0.25, 0.3) is 0 Å². The minimum absolute atomic E-state index is 0.0218. The molecule has 3 nitrogen and oxygen atoms in total. The third-order valence-corrected chi connectivity index (χ3v) is 4.05. The third kappa shape index (κ3) is 4.13. The molecule has 132 valence electrons. The molecule has 0 bridgehead atoms. The number of halogens is 2. The van der Waals surface area contributed by atoms with Crippen molar-refractivity contribution in [2.24, 2.45) is 0 Å². The first-order valence-corrected chi connectivity index (χ1v) is 8.10. The Kier molecular flexibility index (Phi) is 5.39. The molecule has 1 amide bonds. The summed E-state index contributed by atoms with van der Waals surface area (Å²) >= 11 is 0. The van der Waals surface area contributed by atoms with E-state index in [-0.39, 0.29) is 12.2 Å². The van der Waals surface area contributed by atoms with E-state index in [0.717, 1.165) is 40.6 Å². The lowest BCUT2D eigenvalue weighted by Crippen LogP contribution is -2.29. The lowest BCUT2D eigenvalue weighted by atomic mass is 10.0. The standard InChI is InChI=1S/C21H17F2NO2/c22-18-8-9-19(23)16(12-18)7-10-21(26)24-20(13-25)17-6-5-14-3-1-2-4-15(14)11-17/h1-12,20,25H,13H2,(H,24,26)/b10-7+. The summed E-state index contributed by atoms with van der Waals surface area (Å²) in [6.07, 6.45) is 2.31. The van der Waals surface area contributed by atoms with Gasteiger partial charge in [-0.3, -0.25) is 4.79 Å². The molecule has 2 N–H and O–H groups in total. The molecule has 0 aromatic heterocycles. The van der Waals surface area contributed by atoms with E-state index >= 15 is 0 Å². The van der Waals surface area contributed by atoms with Gasteiger partial charge in [0.2, 0.25) is 5.91 Å². The zero-order valence-corrected chi connectivity index (χ0v) is 13.8. The van der Waals surface area contributed by atoms with Crippen molar-refractivity contribution in [1.82, 2.24) is 5.32 Å². The van der Waals surface area contributed by atoms with Crippen LogP contribution in [0.3, 0.4) is 0 Å². The molecule has 1 unspecified atom stereocenters. The van der Waals surface area contributed by atoms with Crippen molar-refractivity contribution in [3.63, 3.8) is 0 Å². The lowest BCUT2D eigenvalue weighted by molar-refractivity contribution is -0.117. The predicted molar refractivity (Wildman–Crippen MR) is 97.3 cm³/mol. The Bertz CT molecular complexity index is 969. The van der Waals surface area contributed by atoms with Crippen LogP contribution in [0.5, 0.6) is 0 Å². The summed E-state index contributed by atoms with van der Waals surface area (Å²) in [4.78, 5) is 12.1. The molecular formula is C21H17F2NO2. The van der Waals surface area contributed by atoms with Gasteiger partial charge in [0.05, 0.1) is 12.6 Å². The van der Waals surface area contributed by atoms with Crippen LogP contribution in [0.25, 0.3) is 16.8 Å². The van der Waals surface area contributed by atoms with Gasteiger partial charge in [0.15, 0.2) is 0 Å². The molecule has 0 radical (unpaired) electrons. The number of aliphatic hydroxyl groups is 1. The number of hydrogen-bond acceptors (Lipinski definition) is 2. The molecule has 5 heteroatoms. The van der Waals surface area contributed by atoms with Crippen LogP contribution in [0, 0.1) is 11.6 Å². The van der Waals surface area contributed by atoms with Crippen molar-refractivity contribution in [1.29, 1.82) is 0 Å². The fourth-order valence-corrected chi connectivity index (χ4v) is 2.69. The average Bonchev–Trinajstić information content (AvgIpc) is 2.66. The van der Waals surface area contributed by atoms with Gasteiger partial charge in [-0.25, -0.2) is 8.78 Å². The molecule has 0 aliphatic carbocycles. The summed E-state index contributed by atoms with van der Waals surface area (Å²) in [6, 6.07) is 15.8. The quantitative estimate of drug-likeness (QED) is 0.682. The molecule has 0 heterocycles. The highest BCUT2D eigenvalue weighted by Crippen LogP contribution is 2.20. The van der Waals surface area contributed by atoms with E-state index in [4.69, 9.17) is 0 Å². The van der Waals surface area contributed by atoms with Crippen LogP contribution in [0.15, 0.2) is 66.7 Å². The van der Waals surface area contributed by atoms with Crippen molar-refractivity contribution in [2.75, 3.05) is 6.61 Å². The van der Waals surface area contributed by atoms with E-state index in [1.807, 2.05) is 42.5 Å². The smallest absolute Gasteiger partial charge is 0.244 e. The number of fused-ring (bicyclic) bond motifs is 1. The van der Waals surface area contributed by atoms with Crippen molar-refractivity contribution in [3.05, 3.63) is 89.5 Å². The number of nitrogens with one attached hydrogen (secondary N) is 1. The normalized spacial score (nSPS) is 12.4. The number of hydrogen-bond donors (Lipinski definition) is 2. The second kappa shape index (κ2) is 7.89. The molecule has 3 aromatic carbocycles. The summed E-state index contributed by atoms with van der Waals surface area (Å²) in [5.74, 6) is -1.72. The van der Waals surface area contributed by atoms with Gasteiger partial charge >= 0.3 is 0 Å². The van der Waals surface area contributed by atoms with E-state index in [0.29, 0.717) is 0 Å². The SMILES string of the molecule is O=C(/C=C/c1cc(F)ccc1F)NC(CO)c1ccc2ccccc2c1. The van der Waals surface area contributed by atoms with E-state index in [2.05, 4.69) is 5.32 Å². The fraction of sp³-hybridized carbons (Fsp3) is 0.0952. The number of benzene rings is 3. The molecule has 3 rings (SSSR count). The average molecular weight is 353 g/mol. The first kappa shape index (κ1) is 17.8. The Morgan fingerprint density at radius 1 is 1.04 bits per heavy atom. The Labute approximate surface area is 149 Å². The van der Waals surface area contributed by atoms with Crippen molar-refractivity contribution in [2.45, 2.75) is 6.04 Å². The molecule has 1 atom stereocenters.